The maximum Gasteiger partial charge on any atom is 0.110 e. The molecule has 0 aromatic heterocycles. The first-order chi connectivity index (χ1) is 14.0. The number of hydrogen-bond donors (Lipinski definition) is 3. The van der Waals surface area contributed by atoms with Crippen molar-refractivity contribution >= 4 is 0 Å². The van der Waals surface area contributed by atoms with E-state index in [1.807, 2.05) is 0 Å². The molecule has 4 rings (SSSR count). The molecule has 1 aliphatic heterocycles. The van der Waals surface area contributed by atoms with E-state index in [9.17, 15) is 15.3 Å². The molecule has 3 N–H and O–H groups in total. The summed E-state index contributed by atoms with van der Waals surface area (Å²) in [7, 11) is 0. The lowest BCUT2D eigenvalue weighted by Crippen LogP contribution is -2.47. The average molecular weight is 397 g/mol. The molecule has 1 fully saturated rings. The molecule has 0 bridgehead atoms. The fourth-order valence-electron chi connectivity index (χ4n) is 4.77. The summed E-state index contributed by atoms with van der Waals surface area (Å²) in [6.45, 7) is 4.14. The monoisotopic (exact) mass is 396 g/mol. The second-order valence-corrected chi connectivity index (χ2v) is 8.89. The van der Waals surface area contributed by atoms with Crippen LogP contribution in [0.1, 0.15) is 72.1 Å². The first-order valence-electron chi connectivity index (χ1n) is 10.8. The van der Waals surface area contributed by atoms with E-state index < -0.39 is 18.3 Å². The molecule has 0 unspecified atom stereocenters. The van der Waals surface area contributed by atoms with Crippen LogP contribution in [0, 0.1) is 0 Å². The molecule has 4 atom stereocenters. The fraction of sp³-hybridized carbons (Fsp3) is 0.520. The van der Waals surface area contributed by atoms with Gasteiger partial charge in [0.2, 0.25) is 0 Å². The highest BCUT2D eigenvalue weighted by Crippen LogP contribution is 2.36. The molecule has 1 aliphatic carbocycles. The van der Waals surface area contributed by atoms with Gasteiger partial charge in [-0.15, -0.1) is 0 Å². The third kappa shape index (κ3) is 4.26. The molecule has 0 spiro atoms. The van der Waals surface area contributed by atoms with Gasteiger partial charge in [-0.2, -0.15) is 0 Å². The summed E-state index contributed by atoms with van der Waals surface area (Å²) in [5.74, 6) is 0.506. The van der Waals surface area contributed by atoms with Crippen LogP contribution in [0.2, 0.25) is 0 Å². The van der Waals surface area contributed by atoms with Crippen LogP contribution in [0.3, 0.4) is 0 Å². The van der Waals surface area contributed by atoms with Gasteiger partial charge in [-0.1, -0.05) is 50.2 Å². The molecule has 0 radical (unpaired) electrons. The first-order valence-corrected chi connectivity index (χ1v) is 10.8. The van der Waals surface area contributed by atoms with Gasteiger partial charge in [-0.25, -0.2) is 0 Å². The summed E-state index contributed by atoms with van der Waals surface area (Å²) in [6.07, 6.45) is 1.61. The molecule has 2 aromatic rings. The molecule has 29 heavy (non-hydrogen) atoms. The molecule has 4 heteroatoms. The molecular weight excluding hydrogens is 364 g/mol. The van der Waals surface area contributed by atoms with Crippen molar-refractivity contribution < 1.29 is 20.1 Å². The molecule has 0 amide bonds. The van der Waals surface area contributed by atoms with Gasteiger partial charge in [0.05, 0.1) is 18.8 Å². The standard InChI is InChI=1S/C25H32O4/c1-15(2)17-6-3-5-16(9-17)10-19-12-20(11-18-7-4-8-21(18)19)23-13-22(27)25(28)24(14-26)29-23/h3,5-6,9,11-12,15,22-28H,4,7-8,10,13-14H2,1-2H3/t22-,23-,24-,25+/m1/s1. The normalized spacial score (nSPS) is 26.7. The Morgan fingerprint density at radius 3 is 2.69 bits per heavy atom. The third-order valence-electron chi connectivity index (χ3n) is 6.46. The molecule has 0 saturated carbocycles. The average Bonchev–Trinajstić information content (AvgIpc) is 3.19. The lowest BCUT2D eigenvalue weighted by molar-refractivity contribution is -0.181. The Labute approximate surface area is 173 Å². The van der Waals surface area contributed by atoms with Gasteiger partial charge in [0.25, 0.3) is 0 Å². The van der Waals surface area contributed by atoms with E-state index in [2.05, 4.69) is 50.2 Å². The Kier molecular flexibility index (Phi) is 6.07. The Balaban J connectivity index is 1.65. The number of aryl methyl sites for hydroxylation is 1. The minimum Gasteiger partial charge on any atom is -0.394 e. The summed E-state index contributed by atoms with van der Waals surface area (Å²) in [5.41, 5.74) is 7.89. The third-order valence-corrected chi connectivity index (χ3v) is 6.46. The number of benzene rings is 2. The van der Waals surface area contributed by atoms with Crippen molar-refractivity contribution in [3.05, 3.63) is 69.8 Å². The van der Waals surface area contributed by atoms with E-state index in [-0.39, 0.29) is 12.7 Å². The van der Waals surface area contributed by atoms with E-state index >= 15 is 0 Å². The van der Waals surface area contributed by atoms with Crippen LogP contribution < -0.4 is 0 Å². The zero-order valence-electron chi connectivity index (χ0n) is 17.3. The van der Waals surface area contributed by atoms with Crippen LogP contribution in [0.5, 0.6) is 0 Å². The second kappa shape index (κ2) is 8.57. The molecule has 1 saturated heterocycles. The van der Waals surface area contributed by atoms with Gasteiger partial charge >= 0.3 is 0 Å². The van der Waals surface area contributed by atoms with Crippen LogP contribution in [-0.4, -0.2) is 40.2 Å². The van der Waals surface area contributed by atoms with Crippen molar-refractivity contribution in [3.63, 3.8) is 0 Å². The number of ether oxygens (including phenoxy) is 1. The van der Waals surface area contributed by atoms with E-state index in [4.69, 9.17) is 4.74 Å². The Morgan fingerprint density at radius 2 is 1.93 bits per heavy atom. The zero-order chi connectivity index (χ0) is 20.5. The molecule has 156 valence electrons. The van der Waals surface area contributed by atoms with Crippen LogP contribution in [0.15, 0.2) is 36.4 Å². The first kappa shape index (κ1) is 20.5. The highest BCUT2D eigenvalue weighted by atomic mass is 16.5. The van der Waals surface area contributed by atoms with Crippen molar-refractivity contribution in [2.45, 2.75) is 76.3 Å². The van der Waals surface area contributed by atoms with Gasteiger partial charge in [0.1, 0.15) is 12.2 Å². The second-order valence-electron chi connectivity index (χ2n) is 8.89. The Bertz CT molecular complexity index is 860. The van der Waals surface area contributed by atoms with Gasteiger partial charge in [0, 0.05) is 6.42 Å². The molecule has 1 heterocycles. The van der Waals surface area contributed by atoms with Gasteiger partial charge in [-0.3, -0.25) is 0 Å². The van der Waals surface area contributed by atoms with E-state index in [0.29, 0.717) is 12.3 Å². The van der Waals surface area contributed by atoms with Gasteiger partial charge in [-0.05, 0) is 65.0 Å². The Morgan fingerprint density at radius 1 is 1.10 bits per heavy atom. The SMILES string of the molecule is CC(C)c1cccc(Cc2cc([C@H]3C[C@@H](O)[C@H](O)[C@@H](CO)O3)cc3c2CCC3)c1. The summed E-state index contributed by atoms with van der Waals surface area (Å²) in [5, 5.41) is 29.8. The number of hydrogen-bond acceptors (Lipinski definition) is 4. The zero-order valence-corrected chi connectivity index (χ0v) is 17.3. The number of aliphatic hydroxyl groups is 3. The minimum atomic E-state index is -1.04. The smallest absolute Gasteiger partial charge is 0.110 e. The predicted molar refractivity (Wildman–Crippen MR) is 113 cm³/mol. The minimum absolute atomic E-state index is 0.297. The molecule has 2 aliphatic rings. The lowest BCUT2D eigenvalue weighted by atomic mass is 9.88. The fourth-order valence-corrected chi connectivity index (χ4v) is 4.77. The highest BCUT2D eigenvalue weighted by molar-refractivity contribution is 5.45. The lowest BCUT2D eigenvalue weighted by Gasteiger charge is -2.37. The largest absolute Gasteiger partial charge is 0.394 e. The molecule has 2 aromatic carbocycles. The van der Waals surface area contributed by atoms with Crippen molar-refractivity contribution in [2.75, 3.05) is 6.61 Å². The van der Waals surface area contributed by atoms with Gasteiger partial charge in [0.15, 0.2) is 0 Å². The van der Waals surface area contributed by atoms with Crippen molar-refractivity contribution in [1.29, 1.82) is 0 Å². The van der Waals surface area contributed by atoms with Gasteiger partial charge < -0.3 is 20.1 Å². The number of aliphatic hydroxyl groups excluding tert-OH is 3. The van der Waals surface area contributed by atoms with Crippen LogP contribution >= 0.6 is 0 Å². The van der Waals surface area contributed by atoms with Crippen LogP contribution in [-0.2, 0) is 24.0 Å². The maximum absolute atomic E-state index is 10.3. The van der Waals surface area contributed by atoms with E-state index in [1.54, 1.807) is 0 Å². The van der Waals surface area contributed by atoms with Crippen molar-refractivity contribution in [3.8, 4) is 0 Å². The number of fused-ring (bicyclic) bond motifs is 1. The quantitative estimate of drug-likeness (QED) is 0.724. The maximum atomic E-state index is 10.3. The van der Waals surface area contributed by atoms with Crippen LogP contribution in [0.4, 0.5) is 0 Å². The molecule has 4 nitrogen and oxygen atoms in total. The van der Waals surface area contributed by atoms with E-state index in [0.717, 1.165) is 24.8 Å². The van der Waals surface area contributed by atoms with Crippen LogP contribution in [0.25, 0.3) is 0 Å². The summed E-state index contributed by atoms with van der Waals surface area (Å²) in [4.78, 5) is 0. The Hall–Kier alpha value is -1.72. The topological polar surface area (TPSA) is 69.9 Å². The summed E-state index contributed by atoms with van der Waals surface area (Å²) < 4.78 is 5.96. The van der Waals surface area contributed by atoms with Crippen molar-refractivity contribution in [2.24, 2.45) is 0 Å². The highest BCUT2D eigenvalue weighted by Gasteiger charge is 2.37. The predicted octanol–water partition coefficient (Wildman–Crippen LogP) is 3.43. The summed E-state index contributed by atoms with van der Waals surface area (Å²) >= 11 is 0. The molecular formula is C25H32O4. The van der Waals surface area contributed by atoms with E-state index in [1.165, 1.54) is 34.2 Å². The summed E-state index contributed by atoms with van der Waals surface area (Å²) in [6, 6.07) is 13.3. The van der Waals surface area contributed by atoms with Crippen molar-refractivity contribution in [1.82, 2.24) is 0 Å². The number of rotatable bonds is 5.